The summed E-state index contributed by atoms with van der Waals surface area (Å²) in [5.41, 5.74) is 5.54. The fourth-order valence-corrected chi connectivity index (χ4v) is 4.42. The summed E-state index contributed by atoms with van der Waals surface area (Å²) < 4.78 is 5.40. The maximum Gasteiger partial charge on any atom is 0.363 e. The number of benzene rings is 3. The van der Waals surface area contributed by atoms with Crippen molar-refractivity contribution < 1.29 is 9.53 Å². The van der Waals surface area contributed by atoms with Gasteiger partial charge in [-0.15, -0.1) is 0 Å². The molecular weight excluding hydrogens is 466 g/mol. The zero-order chi connectivity index (χ0) is 25.2. The lowest BCUT2D eigenvalue weighted by atomic mass is 10.00. The van der Waals surface area contributed by atoms with Crippen LogP contribution in [0.25, 0.3) is 17.2 Å². The van der Waals surface area contributed by atoms with Gasteiger partial charge in [0.15, 0.2) is 5.70 Å². The van der Waals surface area contributed by atoms with Gasteiger partial charge in [0, 0.05) is 10.6 Å². The Morgan fingerprint density at radius 2 is 1.42 bits per heavy atom. The van der Waals surface area contributed by atoms with Crippen LogP contribution in [-0.4, -0.2) is 11.9 Å². The molecule has 0 radical (unpaired) electrons. The second-order valence-electron chi connectivity index (χ2n) is 9.07. The Morgan fingerprint density at radius 1 is 0.806 bits per heavy atom. The summed E-state index contributed by atoms with van der Waals surface area (Å²) in [7, 11) is 0. The van der Waals surface area contributed by atoms with E-state index in [9.17, 15) is 4.79 Å². The Kier molecular flexibility index (Phi) is 9.29. The van der Waals surface area contributed by atoms with E-state index in [1.54, 1.807) is 6.08 Å². The molecule has 0 unspecified atom stereocenters. The van der Waals surface area contributed by atoms with E-state index in [1.165, 1.54) is 50.2 Å². The lowest BCUT2D eigenvalue weighted by Crippen LogP contribution is -2.05. The number of aliphatic imine (C=N–C) groups is 1. The molecule has 1 aliphatic heterocycles. The summed E-state index contributed by atoms with van der Waals surface area (Å²) >= 11 is 6.32. The van der Waals surface area contributed by atoms with Crippen molar-refractivity contribution in [1.29, 1.82) is 0 Å². The molecule has 4 heteroatoms. The average Bonchev–Trinajstić information content (AvgIpc) is 3.27. The molecule has 0 aromatic heterocycles. The normalized spacial score (nSPS) is 14.7. The summed E-state index contributed by atoms with van der Waals surface area (Å²) in [6.07, 6.45) is 12.3. The Bertz CT molecular complexity index is 1240. The molecular formula is C32H32ClNO2. The Balaban J connectivity index is 1.37. The Hall–Kier alpha value is -3.43. The number of ether oxygens (including phenoxy) is 1. The highest BCUT2D eigenvalue weighted by atomic mass is 35.5. The third-order valence-corrected chi connectivity index (χ3v) is 6.46. The van der Waals surface area contributed by atoms with Gasteiger partial charge in [0.05, 0.1) is 0 Å². The Labute approximate surface area is 219 Å². The minimum Gasteiger partial charge on any atom is -0.402 e. The van der Waals surface area contributed by atoms with Crippen molar-refractivity contribution in [2.75, 3.05) is 0 Å². The van der Waals surface area contributed by atoms with Crippen LogP contribution in [0.5, 0.6) is 0 Å². The number of nitrogens with zero attached hydrogens (tertiary/aromatic N) is 1. The quantitative estimate of drug-likeness (QED) is 0.151. The van der Waals surface area contributed by atoms with Gasteiger partial charge in [-0.1, -0.05) is 117 Å². The molecule has 1 aliphatic rings. The maximum absolute atomic E-state index is 12.3. The first-order valence-electron chi connectivity index (χ1n) is 12.8. The van der Waals surface area contributed by atoms with Gasteiger partial charge in [-0.25, -0.2) is 9.79 Å². The molecule has 0 atom stereocenters. The number of carbonyl (C=O) groups is 1. The highest BCUT2D eigenvalue weighted by Gasteiger charge is 2.24. The van der Waals surface area contributed by atoms with Gasteiger partial charge in [-0.3, -0.25) is 0 Å². The summed E-state index contributed by atoms with van der Waals surface area (Å²) in [6.45, 7) is 2.25. The number of cyclic esters (lactones) is 1. The van der Waals surface area contributed by atoms with E-state index in [0.29, 0.717) is 5.03 Å². The smallest absolute Gasteiger partial charge is 0.363 e. The van der Waals surface area contributed by atoms with E-state index in [-0.39, 0.29) is 11.6 Å². The second kappa shape index (κ2) is 13.0. The molecule has 3 aromatic rings. The molecule has 0 amide bonds. The molecule has 0 aliphatic carbocycles. The topological polar surface area (TPSA) is 38.7 Å². The first-order valence-corrected chi connectivity index (χ1v) is 13.1. The average molecular weight is 498 g/mol. The molecule has 0 N–H and O–H groups in total. The van der Waals surface area contributed by atoms with Crippen molar-refractivity contribution in [3.63, 3.8) is 0 Å². The van der Waals surface area contributed by atoms with E-state index in [4.69, 9.17) is 16.3 Å². The summed E-state index contributed by atoms with van der Waals surface area (Å²) in [5.74, 6) is -0.217. The van der Waals surface area contributed by atoms with E-state index >= 15 is 0 Å². The first kappa shape index (κ1) is 25.7. The number of hydrogen-bond donors (Lipinski definition) is 0. The highest BCUT2D eigenvalue weighted by molar-refractivity contribution is 6.33. The van der Waals surface area contributed by atoms with Crippen LogP contribution < -0.4 is 0 Å². The third kappa shape index (κ3) is 7.29. The molecule has 0 spiro atoms. The van der Waals surface area contributed by atoms with Gasteiger partial charge in [-0.2, -0.15) is 0 Å². The van der Waals surface area contributed by atoms with Crippen molar-refractivity contribution in [2.45, 2.75) is 51.9 Å². The van der Waals surface area contributed by atoms with Gasteiger partial charge < -0.3 is 4.74 Å². The molecule has 36 heavy (non-hydrogen) atoms. The van der Waals surface area contributed by atoms with Gasteiger partial charge >= 0.3 is 5.97 Å². The van der Waals surface area contributed by atoms with Crippen LogP contribution in [-0.2, 0) is 16.0 Å². The lowest BCUT2D eigenvalue weighted by molar-refractivity contribution is -0.130. The summed E-state index contributed by atoms with van der Waals surface area (Å²) in [5, 5.41) is 0.411. The third-order valence-electron chi connectivity index (χ3n) is 6.24. The standard InChI is InChI=1S/C32H32ClNO2/c1-2-3-4-5-6-8-11-24-14-16-26(17-15-24)27-18-20-28(21-19-27)31-34-30(32(35)36-31)23-29(33)22-25-12-9-7-10-13-25/h7,9-10,12-23H,2-6,8,11H2,1H3. The van der Waals surface area contributed by atoms with Gasteiger partial charge in [0.1, 0.15) is 0 Å². The van der Waals surface area contributed by atoms with Gasteiger partial charge in [0.25, 0.3) is 0 Å². The van der Waals surface area contributed by atoms with Crippen molar-refractivity contribution >= 4 is 29.5 Å². The molecule has 0 bridgehead atoms. The number of rotatable bonds is 11. The predicted octanol–water partition coefficient (Wildman–Crippen LogP) is 8.72. The highest BCUT2D eigenvalue weighted by Crippen LogP contribution is 2.24. The monoisotopic (exact) mass is 497 g/mol. The fraction of sp³-hybridized carbons (Fsp3) is 0.250. The van der Waals surface area contributed by atoms with Crippen LogP contribution in [0.1, 0.15) is 62.1 Å². The minimum atomic E-state index is -0.505. The van der Waals surface area contributed by atoms with Crippen LogP contribution in [0.15, 0.2) is 101 Å². The molecule has 0 saturated heterocycles. The van der Waals surface area contributed by atoms with E-state index in [1.807, 2.05) is 54.6 Å². The van der Waals surface area contributed by atoms with Crippen molar-refractivity contribution in [2.24, 2.45) is 4.99 Å². The number of unbranched alkanes of at least 4 members (excludes halogenated alkanes) is 5. The van der Waals surface area contributed by atoms with Crippen LogP contribution in [0.4, 0.5) is 0 Å². The van der Waals surface area contributed by atoms with Crippen molar-refractivity contribution in [3.05, 3.63) is 112 Å². The summed E-state index contributed by atoms with van der Waals surface area (Å²) in [6, 6.07) is 26.4. The molecule has 184 valence electrons. The number of esters is 1. The van der Waals surface area contributed by atoms with Crippen LogP contribution in [0, 0.1) is 0 Å². The van der Waals surface area contributed by atoms with Gasteiger partial charge in [-0.05, 0) is 59.4 Å². The number of halogens is 1. The van der Waals surface area contributed by atoms with Crippen LogP contribution in [0.3, 0.4) is 0 Å². The predicted molar refractivity (Wildman–Crippen MR) is 150 cm³/mol. The number of hydrogen-bond acceptors (Lipinski definition) is 3. The fourth-order valence-electron chi connectivity index (χ4n) is 4.19. The van der Waals surface area contributed by atoms with E-state index in [0.717, 1.165) is 28.7 Å². The molecule has 3 aromatic carbocycles. The largest absolute Gasteiger partial charge is 0.402 e. The zero-order valence-electron chi connectivity index (χ0n) is 20.8. The van der Waals surface area contributed by atoms with Crippen molar-refractivity contribution in [1.82, 2.24) is 0 Å². The van der Waals surface area contributed by atoms with Gasteiger partial charge in [0.2, 0.25) is 5.90 Å². The molecule has 0 fully saturated rings. The maximum atomic E-state index is 12.3. The number of carbonyl (C=O) groups excluding carboxylic acids is 1. The molecule has 4 rings (SSSR count). The SMILES string of the molecule is CCCCCCCCc1ccc(-c2ccc(C3=NC(=CC(Cl)=Cc4ccccc4)C(=O)O3)cc2)cc1. The number of aryl methyl sites for hydroxylation is 1. The Morgan fingerprint density at radius 3 is 2.11 bits per heavy atom. The zero-order valence-corrected chi connectivity index (χ0v) is 21.5. The second-order valence-corrected chi connectivity index (χ2v) is 9.50. The first-order chi connectivity index (χ1) is 17.6. The van der Waals surface area contributed by atoms with Crippen LogP contribution >= 0.6 is 11.6 Å². The van der Waals surface area contributed by atoms with E-state index < -0.39 is 5.97 Å². The van der Waals surface area contributed by atoms with Crippen LogP contribution in [0.2, 0.25) is 0 Å². The minimum absolute atomic E-state index is 0.187. The van der Waals surface area contributed by atoms with E-state index in [2.05, 4.69) is 36.2 Å². The summed E-state index contributed by atoms with van der Waals surface area (Å²) in [4.78, 5) is 16.7. The van der Waals surface area contributed by atoms with Crippen molar-refractivity contribution in [3.8, 4) is 11.1 Å². The molecule has 3 nitrogen and oxygen atoms in total. The lowest BCUT2D eigenvalue weighted by Gasteiger charge is -2.06. The molecule has 0 saturated carbocycles. The number of allylic oxidation sites excluding steroid dienone is 2. The molecule has 1 heterocycles.